The Morgan fingerprint density at radius 2 is 1.42 bits per heavy atom. The van der Waals surface area contributed by atoms with Gasteiger partial charge < -0.3 is 20.1 Å². The highest BCUT2D eigenvalue weighted by atomic mass is 16.4. The van der Waals surface area contributed by atoms with Crippen LogP contribution in [0.5, 0.6) is 0 Å². The number of nitrogens with zero attached hydrogens (tertiary/aromatic N) is 1. The maximum atomic E-state index is 11.5. The minimum Gasteiger partial charge on any atom is -0.544 e. The topological polar surface area (TPSA) is 115 Å². The van der Waals surface area contributed by atoms with E-state index in [0.717, 1.165) is 19.3 Å². The van der Waals surface area contributed by atoms with E-state index in [-0.39, 0.29) is 6.54 Å². The minimum atomic E-state index is -1.45. The van der Waals surface area contributed by atoms with Crippen LogP contribution in [0.4, 0.5) is 0 Å². The summed E-state index contributed by atoms with van der Waals surface area (Å²) in [5.74, 6) is -3.91. The predicted molar refractivity (Wildman–Crippen MR) is 87.1 cm³/mol. The molecule has 0 aliphatic heterocycles. The first-order valence-corrected chi connectivity index (χ1v) is 8.31. The molecule has 2 N–H and O–H groups in total. The number of carboxylic acid groups (broad SMARTS) is 3. The summed E-state index contributed by atoms with van der Waals surface area (Å²) in [4.78, 5) is 34.5. The van der Waals surface area contributed by atoms with Crippen LogP contribution in [-0.4, -0.2) is 57.3 Å². The monoisotopic (exact) mass is 343 g/mol. The molecule has 0 aliphatic carbocycles. The zero-order valence-electron chi connectivity index (χ0n) is 14.9. The average Bonchev–Trinajstić information content (AvgIpc) is 2.52. The summed E-state index contributed by atoms with van der Waals surface area (Å²) in [5.41, 5.74) is 0. The molecule has 7 nitrogen and oxygen atoms in total. The van der Waals surface area contributed by atoms with Crippen LogP contribution >= 0.6 is 0 Å². The van der Waals surface area contributed by atoms with Gasteiger partial charge >= 0.3 is 11.9 Å². The van der Waals surface area contributed by atoms with Crippen molar-refractivity contribution in [2.75, 3.05) is 6.54 Å². The van der Waals surface area contributed by atoms with Gasteiger partial charge in [0.2, 0.25) is 0 Å². The van der Waals surface area contributed by atoms with Crippen LogP contribution in [-0.2, 0) is 14.4 Å². The number of carbonyl (C=O) groups excluding carboxylic acids is 1. The average molecular weight is 343 g/mol. The fourth-order valence-corrected chi connectivity index (χ4v) is 3.05. The van der Waals surface area contributed by atoms with Gasteiger partial charge in [-0.05, 0) is 27.2 Å². The van der Waals surface area contributed by atoms with E-state index in [1.807, 2.05) is 12.2 Å². The highest BCUT2D eigenvalue weighted by Gasteiger charge is 2.50. The van der Waals surface area contributed by atoms with Crippen LogP contribution in [0, 0.1) is 0 Å². The van der Waals surface area contributed by atoms with E-state index < -0.39 is 40.5 Å². The first-order chi connectivity index (χ1) is 11.1. The number of carbonyl (C=O) groups is 3. The third-order valence-corrected chi connectivity index (χ3v) is 4.79. The molecule has 0 aromatic heterocycles. The van der Waals surface area contributed by atoms with Gasteiger partial charge in [0.1, 0.15) is 6.04 Å². The van der Waals surface area contributed by atoms with Crippen molar-refractivity contribution >= 4 is 17.9 Å². The Morgan fingerprint density at radius 3 is 1.79 bits per heavy atom. The Hall–Kier alpha value is -1.89. The Balaban J connectivity index is 5.65. The van der Waals surface area contributed by atoms with Gasteiger partial charge in [-0.3, -0.25) is 4.48 Å². The van der Waals surface area contributed by atoms with E-state index >= 15 is 0 Å². The van der Waals surface area contributed by atoms with Crippen molar-refractivity contribution in [1.29, 1.82) is 0 Å². The molecule has 0 aromatic rings. The second-order valence-corrected chi connectivity index (χ2v) is 6.14. The molecule has 0 rings (SSSR count). The number of unbranched alkanes of at least 4 members (excludes halogenated alkanes) is 2. The summed E-state index contributed by atoms with van der Waals surface area (Å²) in [6.45, 7) is 6.18. The van der Waals surface area contributed by atoms with Crippen molar-refractivity contribution in [3.8, 4) is 0 Å². The molecule has 0 saturated heterocycles. The van der Waals surface area contributed by atoms with Crippen LogP contribution in [0.2, 0.25) is 0 Å². The zero-order chi connectivity index (χ0) is 18.9. The van der Waals surface area contributed by atoms with Gasteiger partial charge in [-0.25, -0.2) is 9.59 Å². The van der Waals surface area contributed by atoms with Gasteiger partial charge in [-0.15, -0.1) is 0 Å². The number of hydrogen-bond acceptors (Lipinski definition) is 4. The molecule has 0 saturated carbocycles. The summed E-state index contributed by atoms with van der Waals surface area (Å²) in [5, 5.41) is 30.3. The van der Waals surface area contributed by atoms with E-state index in [0.29, 0.717) is 6.42 Å². The van der Waals surface area contributed by atoms with Crippen molar-refractivity contribution < 1.29 is 34.2 Å². The molecule has 3 atom stereocenters. The lowest BCUT2D eigenvalue weighted by Gasteiger charge is -2.49. The van der Waals surface area contributed by atoms with Crippen molar-refractivity contribution in [3.05, 3.63) is 12.2 Å². The molecule has 0 fully saturated rings. The lowest BCUT2D eigenvalue weighted by Crippen LogP contribution is -2.71. The molecule has 0 aliphatic rings. The first-order valence-electron chi connectivity index (χ1n) is 8.31. The van der Waals surface area contributed by atoms with Gasteiger partial charge in [0.05, 0.1) is 12.5 Å². The molecule has 0 amide bonds. The molecule has 24 heavy (non-hydrogen) atoms. The summed E-state index contributed by atoms with van der Waals surface area (Å²) in [7, 11) is 0. The molecule has 0 bridgehead atoms. The van der Waals surface area contributed by atoms with Crippen LogP contribution in [0.1, 0.15) is 53.4 Å². The third-order valence-electron chi connectivity index (χ3n) is 4.79. The van der Waals surface area contributed by atoms with Gasteiger partial charge in [0.25, 0.3) is 0 Å². The maximum absolute atomic E-state index is 11.5. The molecule has 7 heteroatoms. The van der Waals surface area contributed by atoms with Gasteiger partial charge in [-0.2, -0.15) is 0 Å². The van der Waals surface area contributed by atoms with Crippen molar-refractivity contribution in [2.24, 2.45) is 0 Å². The van der Waals surface area contributed by atoms with E-state index in [2.05, 4.69) is 6.92 Å². The van der Waals surface area contributed by atoms with Gasteiger partial charge in [-0.1, -0.05) is 31.9 Å². The van der Waals surface area contributed by atoms with E-state index in [1.54, 1.807) is 0 Å². The fraction of sp³-hybridized carbons (Fsp3) is 0.706. The van der Waals surface area contributed by atoms with Crippen molar-refractivity contribution in [2.45, 2.75) is 71.5 Å². The number of aliphatic carboxylic acids is 3. The highest BCUT2D eigenvalue weighted by Crippen LogP contribution is 2.26. The Kier molecular flexibility index (Phi) is 9.28. The summed E-state index contributed by atoms with van der Waals surface area (Å²) >= 11 is 0. The molecule has 3 unspecified atom stereocenters. The maximum Gasteiger partial charge on any atom is 0.362 e. The number of rotatable bonds is 12. The van der Waals surface area contributed by atoms with E-state index in [9.17, 15) is 29.7 Å². The summed E-state index contributed by atoms with van der Waals surface area (Å²) < 4.78 is -0.592. The summed E-state index contributed by atoms with van der Waals surface area (Å²) in [6, 6.07) is -3.63. The lowest BCUT2D eigenvalue weighted by atomic mass is 10.0. The standard InChI is InChI=1S/C17H29NO6/c1-5-6-7-8-9-10-11-18(12(2)15(19)20,13(3)16(21)22)14(4)17(23)24/h8-9,12-14H,5-7,10-11H2,1-4H3,(H2-,19,20,21,22,23,24)/b9-8+. The second kappa shape index (κ2) is 10.1. The van der Waals surface area contributed by atoms with Crippen LogP contribution < -0.4 is 5.11 Å². The number of quaternary nitrogens is 1. The van der Waals surface area contributed by atoms with Gasteiger partial charge in [0.15, 0.2) is 12.1 Å². The van der Waals surface area contributed by atoms with Crippen LogP contribution in [0.3, 0.4) is 0 Å². The molecule has 0 spiro atoms. The molecule has 0 radical (unpaired) electrons. The molecule has 0 aromatic carbocycles. The summed E-state index contributed by atoms with van der Waals surface area (Å²) in [6.07, 6.45) is 7.18. The Morgan fingerprint density at radius 1 is 0.958 bits per heavy atom. The number of allylic oxidation sites excluding steroid dienone is 1. The Labute approximate surface area is 143 Å². The molecular weight excluding hydrogens is 314 g/mol. The van der Waals surface area contributed by atoms with Gasteiger partial charge in [0, 0.05) is 6.42 Å². The normalized spacial score (nSPS) is 17.8. The van der Waals surface area contributed by atoms with Crippen LogP contribution in [0.15, 0.2) is 12.2 Å². The Bertz CT molecular complexity index is 423. The van der Waals surface area contributed by atoms with Crippen LogP contribution in [0.25, 0.3) is 0 Å². The van der Waals surface area contributed by atoms with Crippen molar-refractivity contribution in [3.63, 3.8) is 0 Å². The predicted octanol–water partition coefficient (Wildman–Crippen LogP) is 1.02. The number of carboxylic acids is 3. The largest absolute Gasteiger partial charge is 0.544 e. The molecule has 138 valence electrons. The zero-order valence-corrected chi connectivity index (χ0v) is 14.9. The van der Waals surface area contributed by atoms with E-state index in [1.165, 1.54) is 20.8 Å². The third kappa shape index (κ3) is 5.33. The smallest absolute Gasteiger partial charge is 0.362 e. The number of hydrogen-bond donors (Lipinski definition) is 2. The van der Waals surface area contributed by atoms with E-state index in [4.69, 9.17) is 0 Å². The molecular formula is C17H29NO6. The SMILES string of the molecule is CCCC/C=C/CC[N+](C(C)C(=O)[O-])(C(C)C(=O)O)C(C)C(=O)O. The minimum absolute atomic E-state index is 0.0959. The fourth-order valence-electron chi connectivity index (χ4n) is 3.05. The van der Waals surface area contributed by atoms with Crippen molar-refractivity contribution in [1.82, 2.24) is 0 Å². The molecule has 0 heterocycles. The highest BCUT2D eigenvalue weighted by molar-refractivity contribution is 5.76. The quantitative estimate of drug-likeness (QED) is 0.311. The first kappa shape index (κ1) is 22.1. The second-order valence-electron chi connectivity index (χ2n) is 6.14. The lowest BCUT2D eigenvalue weighted by molar-refractivity contribution is -0.969.